The summed E-state index contributed by atoms with van der Waals surface area (Å²) in [5.74, 6) is -0.400. The Hall–Kier alpha value is -4.97. The van der Waals surface area contributed by atoms with Gasteiger partial charge in [0.15, 0.2) is 5.82 Å². The van der Waals surface area contributed by atoms with E-state index in [2.05, 4.69) is 11.0 Å². The molecule has 13 nitrogen and oxygen atoms in total. The quantitative estimate of drug-likeness (QED) is 0.196. The van der Waals surface area contributed by atoms with Gasteiger partial charge in [0.1, 0.15) is 29.3 Å². The van der Waals surface area contributed by atoms with Gasteiger partial charge in [0, 0.05) is 63.3 Å². The van der Waals surface area contributed by atoms with E-state index in [-0.39, 0.29) is 54.1 Å². The van der Waals surface area contributed by atoms with Crippen LogP contribution in [0.25, 0.3) is 32.8 Å². The minimum atomic E-state index is -0.962. The molecule has 1 saturated carbocycles. The number of phenols is 1. The highest BCUT2D eigenvalue weighted by Gasteiger charge is 2.36. The van der Waals surface area contributed by atoms with E-state index in [9.17, 15) is 20.0 Å². The molecule has 7 rings (SSSR count). The van der Waals surface area contributed by atoms with E-state index in [0.717, 1.165) is 43.2 Å². The average Bonchev–Trinajstić information content (AvgIpc) is 3.11. The maximum Gasteiger partial charge on any atom is 0.410 e. The summed E-state index contributed by atoms with van der Waals surface area (Å²) in [4.78, 5) is 41.9. The minimum absolute atomic E-state index is 0.0169. The Kier molecular flexibility index (Phi) is 10.9. The molecule has 15 heteroatoms. The number of hydrogen-bond donors (Lipinski definition) is 2. The molecule has 1 amide bonds. The fraction of sp³-hybridized carbons (Fsp3) is 0.475. The summed E-state index contributed by atoms with van der Waals surface area (Å²) in [7, 11) is 0. The molecule has 2 aliphatic heterocycles. The molecule has 1 atom stereocenters. The molecule has 2 saturated heterocycles. The van der Waals surface area contributed by atoms with Crippen molar-refractivity contribution in [3.8, 4) is 22.9 Å². The lowest BCUT2D eigenvalue weighted by Gasteiger charge is -2.42. The predicted molar refractivity (Wildman–Crippen MR) is 207 cm³/mol. The fourth-order valence-corrected chi connectivity index (χ4v) is 8.13. The zero-order chi connectivity index (χ0) is 39.0. The van der Waals surface area contributed by atoms with Gasteiger partial charge in [0.05, 0.1) is 29.7 Å². The number of aromatic nitrogens is 2. The van der Waals surface area contributed by atoms with Crippen molar-refractivity contribution < 1.29 is 33.7 Å². The second-order valence-electron chi connectivity index (χ2n) is 15.6. The predicted octanol–water partition coefficient (Wildman–Crippen LogP) is 6.29. The van der Waals surface area contributed by atoms with Crippen LogP contribution in [0.1, 0.15) is 40.0 Å². The topological polar surface area (TPSA) is 156 Å². The van der Waals surface area contributed by atoms with Crippen LogP contribution in [0.3, 0.4) is 0 Å². The number of benzene rings is 3. The molecule has 0 radical (unpaired) electrons. The van der Waals surface area contributed by atoms with Crippen molar-refractivity contribution in [3.63, 3.8) is 0 Å². The van der Waals surface area contributed by atoms with Crippen molar-refractivity contribution in [2.75, 3.05) is 68.8 Å². The van der Waals surface area contributed by atoms with Gasteiger partial charge >= 0.3 is 12.1 Å². The molecular formula is C40H45ClFN7O6. The number of fused-ring (bicyclic) bond motifs is 2. The highest BCUT2D eigenvalue weighted by atomic mass is 35.5. The number of anilines is 2. The third kappa shape index (κ3) is 8.34. The van der Waals surface area contributed by atoms with Crippen LogP contribution in [0, 0.1) is 23.1 Å². The number of aromatic hydroxyl groups is 1. The molecule has 1 aromatic heterocycles. The summed E-state index contributed by atoms with van der Waals surface area (Å²) in [5.41, 5.74) is -0.0918. The second-order valence-corrected chi connectivity index (χ2v) is 16.0. The molecule has 3 aromatic carbocycles. The molecule has 0 spiro atoms. The van der Waals surface area contributed by atoms with E-state index in [1.165, 1.54) is 6.07 Å². The van der Waals surface area contributed by atoms with Crippen LogP contribution in [0.15, 0.2) is 42.5 Å². The number of aliphatic carboxylic acids is 1. The number of carboxylic acids is 1. The molecule has 1 aliphatic carbocycles. The fourth-order valence-electron chi connectivity index (χ4n) is 7.83. The number of piperazine rings is 2. The van der Waals surface area contributed by atoms with E-state index in [4.69, 9.17) is 36.1 Å². The summed E-state index contributed by atoms with van der Waals surface area (Å²) in [6, 6.07) is 13.9. The number of rotatable bonds is 9. The van der Waals surface area contributed by atoms with Gasteiger partial charge in [-0.25, -0.2) is 19.0 Å². The van der Waals surface area contributed by atoms with Gasteiger partial charge in [-0.1, -0.05) is 35.9 Å². The highest BCUT2D eigenvalue weighted by molar-refractivity contribution is 6.35. The van der Waals surface area contributed by atoms with Gasteiger partial charge in [-0.05, 0) is 74.1 Å². The van der Waals surface area contributed by atoms with Crippen molar-refractivity contribution >= 4 is 57.1 Å². The first-order chi connectivity index (χ1) is 26.3. The first kappa shape index (κ1) is 38.3. The zero-order valence-electron chi connectivity index (χ0n) is 31.2. The molecule has 0 bridgehead atoms. The minimum Gasteiger partial charge on any atom is -0.508 e. The van der Waals surface area contributed by atoms with Crippen LogP contribution in [-0.2, 0) is 14.3 Å². The molecule has 290 valence electrons. The summed E-state index contributed by atoms with van der Waals surface area (Å²) in [6.07, 6.45) is 1.21. The lowest BCUT2D eigenvalue weighted by atomic mass is 9.82. The third-order valence-corrected chi connectivity index (χ3v) is 10.8. The summed E-state index contributed by atoms with van der Waals surface area (Å²) in [5, 5.41) is 31.3. The van der Waals surface area contributed by atoms with E-state index in [1.807, 2.05) is 34.1 Å². The number of nitrogens with zero attached hydrogens (tertiary/aromatic N) is 7. The Morgan fingerprint density at radius 2 is 1.75 bits per heavy atom. The molecular weight excluding hydrogens is 729 g/mol. The van der Waals surface area contributed by atoms with Crippen LogP contribution in [-0.4, -0.2) is 119 Å². The van der Waals surface area contributed by atoms with E-state index >= 15 is 4.39 Å². The van der Waals surface area contributed by atoms with Crippen LogP contribution in [0.2, 0.25) is 5.02 Å². The number of carboxylic acid groups (broad SMARTS) is 1. The van der Waals surface area contributed by atoms with Gasteiger partial charge < -0.3 is 34.4 Å². The standard InChI is InChI=1S/C40H45ClFN7O6/c1-40(2,3)55-39(53)49-15-14-48(22-26(49)8-9-43)37-31-20-32(41)34(30-19-27(50)18-25-6-4-5-7-29(25)30)35(42)36(31)44-38(45-37)47-12-10-46(11-13-47)21-24-16-28(17-24)54-23-33(51)52/h4-7,18-20,24,26,28,50H,8,10-17,21-23H2,1-3H3,(H,51,52)/t24?,26-,28?/m0/s1. The number of amides is 1. The Bertz CT molecular complexity index is 2140. The molecule has 4 aromatic rings. The van der Waals surface area contributed by atoms with Gasteiger partial charge in [-0.15, -0.1) is 0 Å². The lowest BCUT2D eigenvalue weighted by molar-refractivity contribution is -0.147. The van der Waals surface area contributed by atoms with Crippen molar-refractivity contribution in [2.24, 2.45) is 5.92 Å². The van der Waals surface area contributed by atoms with Gasteiger partial charge in [0.25, 0.3) is 0 Å². The molecule has 2 N–H and O–H groups in total. The molecule has 55 heavy (non-hydrogen) atoms. The maximum absolute atomic E-state index is 17.2. The second kappa shape index (κ2) is 15.6. The van der Waals surface area contributed by atoms with Gasteiger partial charge in [0.2, 0.25) is 5.95 Å². The maximum atomic E-state index is 17.2. The molecule has 3 fully saturated rings. The summed E-state index contributed by atoms with van der Waals surface area (Å²) >= 11 is 6.96. The normalized spacial score (nSPS) is 20.7. The van der Waals surface area contributed by atoms with Crippen LogP contribution in [0.5, 0.6) is 5.75 Å². The van der Waals surface area contributed by atoms with Crippen molar-refractivity contribution in [2.45, 2.75) is 57.8 Å². The van der Waals surface area contributed by atoms with Crippen LogP contribution < -0.4 is 9.80 Å². The number of hydrogen-bond acceptors (Lipinski definition) is 11. The monoisotopic (exact) mass is 773 g/mol. The zero-order valence-corrected chi connectivity index (χ0v) is 31.9. The number of carbonyl (C=O) groups is 2. The van der Waals surface area contributed by atoms with Crippen molar-refractivity contribution in [3.05, 3.63) is 53.3 Å². The SMILES string of the molecule is CC(C)(C)OC(=O)N1CCN(c2nc(N3CCN(CC4CC(OCC(=O)O)C4)CC3)nc3c(F)c(-c4cc(O)cc5ccccc45)c(Cl)cc23)C[C@@H]1CC#N. The van der Waals surface area contributed by atoms with Gasteiger partial charge in [-0.3, -0.25) is 4.90 Å². The lowest BCUT2D eigenvalue weighted by Crippen LogP contribution is -2.56. The van der Waals surface area contributed by atoms with Gasteiger partial charge in [-0.2, -0.15) is 10.2 Å². The smallest absolute Gasteiger partial charge is 0.410 e. The Morgan fingerprint density at radius 1 is 1.02 bits per heavy atom. The van der Waals surface area contributed by atoms with E-state index in [1.54, 1.807) is 37.8 Å². The largest absolute Gasteiger partial charge is 0.508 e. The van der Waals surface area contributed by atoms with E-state index in [0.29, 0.717) is 48.3 Å². The molecule has 0 unspecified atom stereocenters. The Morgan fingerprint density at radius 3 is 2.45 bits per heavy atom. The van der Waals surface area contributed by atoms with Crippen molar-refractivity contribution in [1.82, 2.24) is 19.8 Å². The first-order valence-corrected chi connectivity index (χ1v) is 19.0. The number of halogens is 2. The molecule has 3 aliphatic rings. The number of ether oxygens (including phenoxy) is 2. The molecule has 3 heterocycles. The number of phenolic OH excluding ortho intramolecular Hbond substituents is 1. The Labute approximate surface area is 323 Å². The Balaban J connectivity index is 1.22. The summed E-state index contributed by atoms with van der Waals surface area (Å²) in [6.45, 7) is 9.50. The highest BCUT2D eigenvalue weighted by Crippen LogP contribution is 2.43. The van der Waals surface area contributed by atoms with Crippen LogP contribution in [0.4, 0.5) is 21.0 Å². The van der Waals surface area contributed by atoms with E-state index < -0.39 is 29.5 Å². The van der Waals surface area contributed by atoms with Crippen molar-refractivity contribution in [1.29, 1.82) is 5.26 Å². The summed E-state index contributed by atoms with van der Waals surface area (Å²) < 4.78 is 28.3. The first-order valence-electron chi connectivity index (χ1n) is 18.6. The number of nitriles is 1. The number of carbonyl (C=O) groups excluding carboxylic acids is 1. The average molecular weight is 774 g/mol. The third-order valence-electron chi connectivity index (χ3n) is 10.5. The van der Waals surface area contributed by atoms with Crippen LogP contribution >= 0.6 is 11.6 Å².